The Morgan fingerprint density at radius 2 is 1.83 bits per heavy atom. The first-order chi connectivity index (χ1) is 11.1. The second-order valence-corrected chi connectivity index (χ2v) is 6.42. The van der Waals surface area contributed by atoms with Crippen molar-refractivity contribution in [3.63, 3.8) is 0 Å². The van der Waals surface area contributed by atoms with E-state index in [4.69, 9.17) is 0 Å². The molecule has 1 aliphatic carbocycles. The summed E-state index contributed by atoms with van der Waals surface area (Å²) in [5.41, 5.74) is 6.62. The van der Waals surface area contributed by atoms with Crippen molar-refractivity contribution >= 4 is 5.91 Å². The van der Waals surface area contributed by atoms with Gasteiger partial charge >= 0.3 is 0 Å². The Labute approximate surface area is 139 Å². The van der Waals surface area contributed by atoms with Crippen LogP contribution in [0.25, 0.3) is 11.1 Å². The van der Waals surface area contributed by atoms with E-state index in [0.717, 1.165) is 19.5 Å². The van der Waals surface area contributed by atoms with Crippen molar-refractivity contribution in [3.05, 3.63) is 59.2 Å². The third-order valence-corrected chi connectivity index (χ3v) is 4.96. The number of hydrogen-bond donors (Lipinski definition) is 0. The lowest BCUT2D eigenvalue weighted by Crippen LogP contribution is -2.32. The van der Waals surface area contributed by atoms with E-state index in [-0.39, 0.29) is 11.8 Å². The largest absolute Gasteiger partial charge is 0.343 e. The van der Waals surface area contributed by atoms with Gasteiger partial charge in [0.15, 0.2) is 0 Å². The molecule has 3 rings (SSSR count). The van der Waals surface area contributed by atoms with Crippen molar-refractivity contribution < 1.29 is 4.79 Å². The maximum Gasteiger partial charge on any atom is 0.223 e. The van der Waals surface area contributed by atoms with Gasteiger partial charge in [0.2, 0.25) is 5.91 Å². The summed E-state index contributed by atoms with van der Waals surface area (Å²) in [6.45, 7) is 7.82. The van der Waals surface area contributed by atoms with E-state index in [9.17, 15) is 4.79 Å². The molecule has 2 heteroatoms. The van der Waals surface area contributed by atoms with Crippen molar-refractivity contribution in [2.45, 2.75) is 39.5 Å². The highest BCUT2D eigenvalue weighted by Crippen LogP contribution is 2.41. The average molecular weight is 307 g/mol. The summed E-state index contributed by atoms with van der Waals surface area (Å²) < 4.78 is 0. The number of carbonyl (C=O) groups excluding carboxylic acids is 1. The van der Waals surface area contributed by atoms with Gasteiger partial charge in [-0.2, -0.15) is 0 Å². The standard InChI is InChI=1S/C21H25NO/c1-4-22(5-2)21(23)14-17-13-16-11-10-15(3)12-20(16)19-9-7-6-8-18(17)19/h6-12,17H,4-5,13-14H2,1-3H3. The van der Waals surface area contributed by atoms with E-state index >= 15 is 0 Å². The number of carbonyl (C=O) groups is 1. The summed E-state index contributed by atoms with van der Waals surface area (Å²) in [5, 5.41) is 0. The molecule has 0 saturated carbocycles. The SMILES string of the molecule is CCN(CC)C(=O)CC1Cc2ccc(C)cc2-c2ccccc21. The van der Waals surface area contributed by atoms with Gasteiger partial charge in [-0.3, -0.25) is 4.79 Å². The minimum absolute atomic E-state index is 0.269. The summed E-state index contributed by atoms with van der Waals surface area (Å²) in [7, 11) is 0. The fourth-order valence-corrected chi connectivity index (χ4v) is 3.69. The van der Waals surface area contributed by atoms with Crippen LogP contribution in [0.2, 0.25) is 0 Å². The summed E-state index contributed by atoms with van der Waals surface area (Å²) >= 11 is 0. The van der Waals surface area contributed by atoms with Crippen LogP contribution in [0, 0.1) is 6.92 Å². The van der Waals surface area contributed by atoms with Crippen LogP contribution in [-0.4, -0.2) is 23.9 Å². The molecule has 120 valence electrons. The summed E-state index contributed by atoms with van der Waals surface area (Å²) in [6, 6.07) is 15.3. The molecule has 0 N–H and O–H groups in total. The Morgan fingerprint density at radius 3 is 2.57 bits per heavy atom. The second kappa shape index (κ2) is 6.57. The smallest absolute Gasteiger partial charge is 0.223 e. The molecule has 1 unspecified atom stereocenters. The highest BCUT2D eigenvalue weighted by atomic mass is 16.2. The number of aryl methyl sites for hydroxylation is 1. The number of nitrogens with zero attached hydrogens (tertiary/aromatic N) is 1. The fraction of sp³-hybridized carbons (Fsp3) is 0.381. The molecule has 2 aromatic rings. The van der Waals surface area contributed by atoms with Crippen LogP contribution in [0.4, 0.5) is 0 Å². The van der Waals surface area contributed by atoms with E-state index in [2.05, 4.69) is 49.4 Å². The first-order valence-corrected chi connectivity index (χ1v) is 8.60. The van der Waals surface area contributed by atoms with Gasteiger partial charge in [-0.15, -0.1) is 0 Å². The molecule has 0 spiro atoms. The van der Waals surface area contributed by atoms with Gasteiger partial charge in [0.05, 0.1) is 0 Å². The number of fused-ring (bicyclic) bond motifs is 3. The van der Waals surface area contributed by atoms with Gasteiger partial charge in [-0.05, 0) is 55.4 Å². The molecule has 0 heterocycles. The van der Waals surface area contributed by atoms with Crippen molar-refractivity contribution in [1.29, 1.82) is 0 Å². The van der Waals surface area contributed by atoms with E-state index in [0.29, 0.717) is 6.42 Å². The average Bonchev–Trinajstić information content (AvgIpc) is 2.57. The first kappa shape index (κ1) is 15.8. The van der Waals surface area contributed by atoms with Gasteiger partial charge < -0.3 is 4.90 Å². The van der Waals surface area contributed by atoms with Crippen molar-refractivity contribution in [2.75, 3.05) is 13.1 Å². The predicted molar refractivity (Wildman–Crippen MR) is 95.6 cm³/mol. The Hall–Kier alpha value is -2.09. The lowest BCUT2D eigenvalue weighted by molar-refractivity contribution is -0.131. The van der Waals surface area contributed by atoms with Gasteiger partial charge in [-0.1, -0.05) is 48.0 Å². The summed E-state index contributed by atoms with van der Waals surface area (Å²) in [4.78, 5) is 14.5. The number of amides is 1. The highest BCUT2D eigenvalue weighted by molar-refractivity contribution is 5.80. The molecule has 2 nitrogen and oxygen atoms in total. The predicted octanol–water partition coefficient (Wildman–Crippen LogP) is 4.56. The lowest BCUT2D eigenvalue weighted by atomic mass is 9.77. The van der Waals surface area contributed by atoms with Crippen molar-refractivity contribution in [1.82, 2.24) is 4.90 Å². The summed E-state index contributed by atoms with van der Waals surface area (Å²) in [5.74, 6) is 0.555. The number of hydrogen-bond acceptors (Lipinski definition) is 1. The molecule has 0 aliphatic heterocycles. The Balaban J connectivity index is 1.96. The van der Waals surface area contributed by atoms with Gasteiger partial charge in [0, 0.05) is 19.5 Å². The van der Waals surface area contributed by atoms with E-state index < -0.39 is 0 Å². The normalized spacial score (nSPS) is 15.7. The zero-order valence-corrected chi connectivity index (χ0v) is 14.3. The van der Waals surface area contributed by atoms with Crippen LogP contribution in [0.5, 0.6) is 0 Å². The van der Waals surface area contributed by atoms with Crippen molar-refractivity contribution in [3.8, 4) is 11.1 Å². The highest BCUT2D eigenvalue weighted by Gasteiger charge is 2.27. The van der Waals surface area contributed by atoms with Crippen LogP contribution < -0.4 is 0 Å². The third kappa shape index (κ3) is 3.03. The lowest BCUT2D eigenvalue weighted by Gasteiger charge is -2.29. The number of benzene rings is 2. The zero-order valence-electron chi connectivity index (χ0n) is 14.3. The molecule has 1 atom stereocenters. The molecule has 1 amide bonds. The molecular formula is C21H25NO. The molecule has 0 radical (unpaired) electrons. The maximum absolute atomic E-state index is 12.6. The van der Waals surface area contributed by atoms with Crippen LogP contribution in [-0.2, 0) is 11.2 Å². The molecule has 0 aromatic heterocycles. The molecule has 2 aromatic carbocycles. The Morgan fingerprint density at radius 1 is 1.09 bits per heavy atom. The van der Waals surface area contributed by atoms with Crippen molar-refractivity contribution in [2.24, 2.45) is 0 Å². The maximum atomic E-state index is 12.6. The van der Waals surface area contributed by atoms with Crippen LogP contribution >= 0.6 is 0 Å². The molecule has 0 bridgehead atoms. The van der Waals surface area contributed by atoms with Crippen LogP contribution in [0.1, 0.15) is 42.9 Å². The van der Waals surface area contributed by atoms with Gasteiger partial charge in [0.1, 0.15) is 0 Å². The van der Waals surface area contributed by atoms with E-state index in [1.165, 1.54) is 27.8 Å². The second-order valence-electron chi connectivity index (χ2n) is 6.42. The van der Waals surface area contributed by atoms with E-state index in [1.807, 2.05) is 18.7 Å². The molecule has 1 aliphatic rings. The minimum atomic E-state index is 0.269. The molecule has 0 fully saturated rings. The quantitative estimate of drug-likeness (QED) is 0.811. The van der Waals surface area contributed by atoms with Gasteiger partial charge in [-0.25, -0.2) is 0 Å². The minimum Gasteiger partial charge on any atom is -0.343 e. The zero-order chi connectivity index (χ0) is 16.4. The topological polar surface area (TPSA) is 20.3 Å². The monoisotopic (exact) mass is 307 g/mol. The van der Waals surface area contributed by atoms with E-state index in [1.54, 1.807) is 0 Å². The number of rotatable bonds is 4. The van der Waals surface area contributed by atoms with Crippen LogP contribution in [0.3, 0.4) is 0 Å². The molecule has 23 heavy (non-hydrogen) atoms. The Kier molecular flexibility index (Phi) is 4.51. The molecule has 0 saturated heterocycles. The third-order valence-electron chi connectivity index (χ3n) is 4.96. The first-order valence-electron chi connectivity index (χ1n) is 8.60. The summed E-state index contributed by atoms with van der Waals surface area (Å²) in [6.07, 6.45) is 1.56. The molecular weight excluding hydrogens is 282 g/mol. The fourth-order valence-electron chi connectivity index (χ4n) is 3.69. The Bertz CT molecular complexity index is 716. The van der Waals surface area contributed by atoms with Crippen LogP contribution in [0.15, 0.2) is 42.5 Å². The van der Waals surface area contributed by atoms with Gasteiger partial charge in [0.25, 0.3) is 0 Å².